The topological polar surface area (TPSA) is 25.8 Å². The van der Waals surface area contributed by atoms with E-state index in [1.54, 1.807) is 5.51 Å². The molecule has 0 aromatic carbocycles. The lowest BCUT2D eigenvalue weighted by molar-refractivity contribution is 0.809. The van der Waals surface area contributed by atoms with Crippen LogP contribution in [0.2, 0.25) is 0 Å². The number of aromatic nitrogens is 2. The minimum Gasteiger partial charge on any atom is -0.224 e. The number of nitrogens with zero attached hydrogens (tertiary/aromatic N) is 2. The van der Waals surface area contributed by atoms with E-state index in [0.717, 1.165) is 5.82 Å². The number of hydrogen-bond acceptors (Lipinski definition) is 3. The van der Waals surface area contributed by atoms with Gasteiger partial charge < -0.3 is 0 Å². The lowest BCUT2D eigenvalue weighted by Gasteiger charge is -2.01. The molecule has 0 atom stereocenters. The Morgan fingerprint density at radius 2 is 2.08 bits per heavy atom. The minimum atomic E-state index is 0.877. The van der Waals surface area contributed by atoms with E-state index >= 15 is 0 Å². The molecule has 0 spiro atoms. The largest absolute Gasteiger partial charge is 0.224 e. The van der Waals surface area contributed by atoms with Gasteiger partial charge in [-0.05, 0) is 30.5 Å². The van der Waals surface area contributed by atoms with E-state index < -0.39 is 0 Å². The van der Waals surface area contributed by atoms with Crippen molar-refractivity contribution in [3.05, 3.63) is 16.9 Å². The second kappa shape index (κ2) is 5.86. The average Bonchev–Trinajstić information content (AvgIpc) is 2.58. The minimum absolute atomic E-state index is 0.877. The molecule has 2 nitrogen and oxygen atoms in total. The van der Waals surface area contributed by atoms with E-state index in [9.17, 15) is 0 Å². The molecule has 3 heteroatoms. The maximum Gasteiger partial charge on any atom is 0.165 e. The first-order valence-electron chi connectivity index (χ1n) is 4.82. The molecule has 0 amide bonds. The van der Waals surface area contributed by atoms with E-state index in [4.69, 9.17) is 0 Å². The quantitative estimate of drug-likeness (QED) is 0.720. The molecule has 72 valence electrons. The first-order valence-corrected chi connectivity index (χ1v) is 5.66. The first kappa shape index (κ1) is 10.4. The Kier molecular flexibility index (Phi) is 4.68. The molecule has 13 heavy (non-hydrogen) atoms. The summed E-state index contributed by atoms with van der Waals surface area (Å²) in [6, 6.07) is 0. The number of rotatable bonds is 5. The van der Waals surface area contributed by atoms with Gasteiger partial charge in [-0.15, -0.1) is 0 Å². The van der Waals surface area contributed by atoms with Crippen LogP contribution in [0.5, 0.6) is 0 Å². The summed E-state index contributed by atoms with van der Waals surface area (Å²) in [7, 11) is 0. The zero-order chi connectivity index (χ0) is 9.52. The fourth-order valence-corrected chi connectivity index (χ4v) is 1.75. The highest BCUT2D eigenvalue weighted by Crippen LogP contribution is 2.14. The third-order valence-corrected chi connectivity index (χ3v) is 2.35. The van der Waals surface area contributed by atoms with Crippen LogP contribution in [0.15, 0.2) is 11.1 Å². The van der Waals surface area contributed by atoms with Crippen LogP contribution in [0.3, 0.4) is 0 Å². The summed E-state index contributed by atoms with van der Waals surface area (Å²) in [5.74, 6) is 0.877. The third kappa shape index (κ3) is 3.68. The fraction of sp³-hybridized carbons (Fsp3) is 0.600. The van der Waals surface area contributed by atoms with Crippen LogP contribution >= 0.6 is 11.5 Å². The van der Waals surface area contributed by atoms with Crippen molar-refractivity contribution in [3.8, 4) is 0 Å². The predicted octanol–water partition coefficient (Wildman–Crippen LogP) is 3.52. The van der Waals surface area contributed by atoms with Crippen molar-refractivity contribution in [3.63, 3.8) is 0 Å². The fourth-order valence-electron chi connectivity index (χ4n) is 1.34. The van der Waals surface area contributed by atoms with Gasteiger partial charge in [-0.25, -0.2) is 4.98 Å². The Morgan fingerprint density at radius 3 is 2.54 bits per heavy atom. The lowest BCUT2D eigenvalue weighted by Crippen LogP contribution is -1.84. The summed E-state index contributed by atoms with van der Waals surface area (Å²) in [5, 5.41) is 0. The molecule has 1 rings (SSSR count). The van der Waals surface area contributed by atoms with Crippen LogP contribution in [0.25, 0.3) is 6.08 Å². The molecule has 1 heterocycles. The van der Waals surface area contributed by atoms with Crippen LogP contribution in [-0.2, 0) is 0 Å². The molecular formula is C10H16N2S. The van der Waals surface area contributed by atoms with Gasteiger partial charge >= 0.3 is 0 Å². The van der Waals surface area contributed by atoms with E-state index in [-0.39, 0.29) is 0 Å². The van der Waals surface area contributed by atoms with Crippen molar-refractivity contribution >= 4 is 17.6 Å². The molecule has 0 saturated carbocycles. The second-order valence-electron chi connectivity index (χ2n) is 3.09. The van der Waals surface area contributed by atoms with Gasteiger partial charge in [0.2, 0.25) is 0 Å². The molecule has 1 aromatic rings. The van der Waals surface area contributed by atoms with Gasteiger partial charge in [0.25, 0.3) is 0 Å². The Hall–Kier alpha value is -0.700. The smallest absolute Gasteiger partial charge is 0.165 e. The normalized spacial score (nSPS) is 10.0. The molecule has 0 aliphatic carbocycles. The molecular weight excluding hydrogens is 180 g/mol. The maximum absolute atomic E-state index is 4.17. The molecule has 1 aromatic heterocycles. The summed E-state index contributed by atoms with van der Waals surface area (Å²) in [5.41, 5.74) is 3.25. The van der Waals surface area contributed by atoms with Gasteiger partial charge in [-0.1, -0.05) is 32.3 Å². The molecule has 0 saturated heterocycles. The lowest BCUT2D eigenvalue weighted by atomic mass is 10.1. The summed E-state index contributed by atoms with van der Waals surface area (Å²) in [6.07, 6.45) is 6.88. The Morgan fingerprint density at radius 1 is 1.38 bits per heavy atom. The van der Waals surface area contributed by atoms with Crippen molar-refractivity contribution < 1.29 is 0 Å². The summed E-state index contributed by atoms with van der Waals surface area (Å²) in [6.45, 7) is 4.41. The molecule has 0 N–H and O–H groups in total. The highest BCUT2D eigenvalue weighted by molar-refractivity contribution is 7.03. The zero-order valence-electron chi connectivity index (χ0n) is 8.29. The molecule has 0 bridgehead atoms. The van der Waals surface area contributed by atoms with E-state index in [2.05, 4.69) is 29.3 Å². The molecule has 0 fully saturated rings. The Balaban J connectivity index is 2.62. The van der Waals surface area contributed by atoms with Crippen molar-refractivity contribution in [2.75, 3.05) is 0 Å². The Labute approximate surface area is 83.9 Å². The van der Waals surface area contributed by atoms with Gasteiger partial charge in [0.15, 0.2) is 5.82 Å². The SMILES string of the molecule is CCCC(=Cc1ncsn1)CCC. The monoisotopic (exact) mass is 196 g/mol. The van der Waals surface area contributed by atoms with E-state index in [1.165, 1.54) is 42.8 Å². The highest BCUT2D eigenvalue weighted by Gasteiger charge is 1.97. The Bertz CT molecular complexity index is 244. The standard InChI is InChI=1S/C10H16N2S/c1-3-5-9(6-4-2)7-10-11-8-13-12-10/h7-8H,3-6H2,1-2H3. The van der Waals surface area contributed by atoms with Gasteiger partial charge in [0.1, 0.15) is 5.51 Å². The highest BCUT2D eigenvalue weighted by atomic mass is 32.1. The van der Waals surface area contributed by atoms with Crippen molar-refractivity contribution in [2.24, 2.45) is 0 Å². The van der Waals surface area contributed by atoms with E-state index in [0.29, 0.717) is 0 Å². The summed E-state index contributed by atoms with van der Waals surface area (Å²) >= 11 is 1.41. The van der Waals surface area contributed by atoms with Gasteiger partial charge in [-0.3, -0.25) is 0 Å². The molecule has 0 aliphatic heterocycles. The van der Waals surface area contributed by atoms with Gasteiger partial charge in [-0.2, -0.15) is 4.37 Å². The maximum atomic E-state index is 4.17. The molecule has 0 radical (unpaired) electrons. The van der Waals surface area contributed by atoms with Gasteiger partial charge in [0, 0.05) is 0 Å². The summed E-state index contributed by atoms with van der Waals surface area (Å²) < 4.78 is 4.17. The number of hydrogen-bond donors (Lipinski definition) is 0. The van der Waals surface area contributed by atoms with Crippen molar-refractivity contribution in [2.45, 2.75) is 39.5 Å². The first-order chi connectivity index (χ1) is 6.36. The van der Waals surface area contributed by atoms with Crippen LogP contribution in [0, 0.1) is 0 Å². The van der Waals surface area contributed by atoms with Gasteiger partial charge in [0.05, 0.1) is 0 Å². The summed E-state index contributed by atoms with van der Waals surface area (Å²) in [4.78, 5) is 4.15. The van der Waals surface area contributed by atoms with Crippen LogP contribution in [-0.4, -0.2) is 9.36 Å². The van der Waals surface area contributed by atoms with Crippen LogP contribution in [0.1, 0.15) is 45.4 Å². The predicted molar refractivity (Wildman–Crippen MR) is 57.7 cm³/mol. The second-order valence-corrected chi connectivity index (χ2v) is 3.70. The van der Waals surface area contributed by atoms with E-state index in [1.807, 2.05) is 0 Å². The average molecular weight is 196 g/mol. The molecule has 0 unspecified atom stereocenters. The van der Waals surface area contributed by atoms with Crippen molar-refractivity contribution in [1.82, 2.24) is 9.36 Å². The van der Waals surface area contributed by atoms with Crippen molar-refractivity contribution in [1.29, 1.82) is 0 Å². The van der Waals surface area contributed by atoms with Crippen LogP contribution < -0.4 is 0 Å². The molecule has 0 aliphatic rings. The zero-order valence-corrected chi connectivity index (χ0v) is 9.10. The number of allylic oxidation sites excluding steroid dienone is 1. The van der Waals surface area contributed by atoms with Crippen LogP contribution in [0.4, 0.5) is 0 Å². The third-order valence-electron chi connectivity index (χ3n) is 1.85.